The first-order chi connectivity index (χ1) is 7.59. The Bertz CT molecular complexity index is 535. The summed E-state index contributed by atoms with van der Waals surface area (Å²) >= 11 is 0. The molecule has 1 atom stereocenters. The number of hydrogen-bond acceptors (Lipinski definition) is 2. The molecular weight excluding hydrogens is 213 g/mol. The van der Waals surface area contributed by atoms with Gasteiger partial charge in [-0.15, -0.1) is 0 Å². The minimum atomic E-state index is -1.47. The van der Waals surface area contributed by atoms with Crippen molar-refractivity contribution in [1.82, 2.24) is 4.98 Å². The molecule has 1 aromatic carbocycles. The fourth-order valence-electron chi connectivity index (χ4n) is 1.64. The van der Waals surface area contributed by atoms with Crippen LogP contribution in [0.2, 0.25) is 0 Å². The first-order valence-corrected chi connectivity index (χ1v) is 4.75. The van der Waals surface area contributed by atoms with Gasteiger partial charge in [0, 0.05) is 18.0 Å². The van der Waals surface area contributed by atoms with Crippen LogP contribution in [-0.4, -0.2) is 27.3 Å². The number of halogens is 1. The minimum Gasteiger partial charge on any atom is -0.479 e. The van der Waals surface area contributed by atoms with Crippen LogP contribution in [0.4, 0.5) is 4.39 Å². The van der Waals surface area contributed by atoms with E-state index in [-0.39, 0.29) is 6.42 Å². The number of benzene rings is 1. The average Bonchev–Trinajstić information content (AvgIpc) is 2.63. The van der Waals surface area contributed by atoms with Crippen LogP contribution in [0.5, 0.6) is 0 Å². The Morgan fingerprint density at radius 1 is 1.50 bits per heavy atom. The molecule has 0 saturated heterocycles. The number of carboxylic acids is 1. The molecule has 2 rings (SSSR count). The second-order valence-corrected chi connectivity index (χ2v) is 3.53. The highest BCUT2D eigenvalue weighted by Gasteiger charge is 2.16. The Balaban J connectivity index is 2.39. The summed E-state index contributed by atoms with van der Waals surface area (Å²) in [4.78, 5) is 13.2. The van der Waals surface area contributed by atoms with Crippen molar-refractivity contribution in [2.24, 2.45) is 0 Å². The molecule has 3 N–H and O–H groups in total. The molecule has 2 aromatic rings. The zero-order chi connectivity index (χ0) is 11.7. The van der Waals surface area contributed by atoms with Crippen molar-refractivity contribution in [3.63, 3.8) is 0 Å². The van der Waals surface area contributed by atoms with E-state index < -0.39 is 17.9 Å². The average molecular weight is 223 g/mol. The Morgan fingerprint density at radius 2 is 2.25 bits per heavy atom. The van der Waals surface area contributed by atoms with Crippen molar-refractivity contribution in [2.75, 3.05) is 0 Å². The van der Waals surface area contributed by atoms with Crippen LogP contribution in [-0.2, 0) is 11.2 Å². The number of carbonyl (C=O) groups is 1. The summed E-state index contributed by atoms with van der Waals surface area (Å²) in [6, 6.07) is 4.54. The minimum absolute atomic E-state index is 0.0429. The number of H-pyrrole nitrogens is 1. The van der Waals surface area contributed by atoms with Gasteiger partial charge in [-0.1, -0.05) is 12.1 Å². The monoisotopic (exact) mass is 223 g/mol. The van der Waals surface area contributed by atoms with Crippen LogP contribution in [0.3, 0.4) is 0 Å². The fraction of sp³-hybridized carbons (Fsp3) is 0.182. The summed E-state index contributed by atoms with van der Waals surface area (Å²) in [7, 11) is 0. The summed E-state index contributed by atoms with van der Waals surface area (Å²) in [5.41, 5.74) is 0.916. The maximum absolute atomic E-state index is 13.3. The molecular formula is C11H10FNO3. The first kappa shape index (κ1) is 10.6. The van der Waals surface area contributed by atoms with E-state index in [1.807, 2.05) is 0 Å². The third-order valence-electron chi connectivity index (χ3n) is 2.45. The molecule has 84 valence electrons. The van der Waals surface area contributed by atoms with Crippen molar-refractivity contribution in [2.45, 2.75) is 12.5 Å². The van der Waals surface area contributed by atoms with Crippen molar-refractivity contribution in [1.29, 1.82) is 0 Å². The van der Waals surface area contributed by atoms with Gasteiger partial charge in [0.2, 0.25) is 0 Å². The summed E-state index contributed by atoms with van der Waals surface area (Å²) in [6.45, 7) is 0. The smallest absolute Gasteiger partial charge is 0.332 e. The van der Waals surface area contributed by atoms with Gasteiger partial charge in [-0.2, -0.15) is 0 Å². The van der Waals surface area contributed by atoms with Crippen LogP contribution in [0, 0.1) is 5.82 Å². The van der Waals surface area contributed by atoms with E-state index in [9.17, 15) is 14.3 Å². The first-order valence-electron chi connectivity index (χ1n) is 4.75. The number of rotatable bonds is 3. The van der Waals surface area contributed by atoms with Crippen LogP contribution in [0.15, 0.2) is 24.4 Å². The molecule has 1 heterocycles. The van der Waals surface area contributed by atoms with Crippen LogP contribution in [0.1, 0.15) is 5.56 Å². The maximum atomic E-state index is 13.3. The molecule has 0 bridgehead atoms. The van der Waals surface area contributed by atoms with Crippen molar-refractivity contribution >= 4 is 16.9 Å². The van der Waals surface area contributed by atoms with E-state index in [0.29, 0.717) is 16.5 Å². The van der Waals surface area contributed by atoms with Gasteiger partial charge in [-0.3, -0.25) is 0 Å². The molecule has 0 fully saturated rings. The summed E-state index contributed by atoms with van der Waals surface area (Å²) in [5, 5.41) is 18.4. The highest BCUT2D eigenvalue weighted by Crippen LogP contribution is 2.21. The highest BCUT2D eigenvalue weighted by molar-refractivity contribution is 5.84. The topological polar surface area (TPSA) is 73.3 Å². The molecule has 4 nitrogen and oxygen atoms in total. The van der Waals surface area contributed by atoms with Crippen molar-refractivity contribution in [3.8, 4) is 0 Å². The van der Waals surface area contributed by atoms with Crippen LogP contribution >= 0.6 is 0 Å². The van der Waals surface area contributed by atoms with Crippen LogP contribution in [0.25, 0.3) is 10.9 Å². The van der Waals surface area contributed by atoms with E-state index in [1.54, 1.807) is 12.1 Å². The number of hydrogen-bond donors (Lipinski definition) is 3. The third kappa shape index (κ3) is 1.77. The zero-order valence-electron chi connectivity index (χ0n) is 8.27. The van der Waals surface area contributed by atoms with E-state index in [0.717, 1.165) is 0 Å². The molecule has 0 saturated carbocycles. The number of fused-ring (bicyclic) bond motifs is 1. The number of para-hydroxylation sites is 1. The van der Waals surface area contributed by atoms with E-state index >= 15 is 0 Å². The summed E-state index contributed by atoms with van der Waals surface area (Å²) in [6.07, 6.45) is 0.000803. The molecule has 0 aliphatic rings. The predicted molar refractivity (Wildman–Crippen MR) is 55.6 cm³/mol. The molecule has 1 aromatic heterocycles. The summed E-state index contributed by atoms with van der Waals surface area (Å²) in [5.74, 6) is -1.68. The SMILES string of the molecule is O=C(O)C(O)Cc1c[nH]c2c(F)cccc12. The Kier molecular flexibility index (Phi) is 2.62. The van der Waals surface area contributed by atoms with Gasteiger partial charge in [-0.25, -0.2) is 9.18 Å². The molecule has 0 spiro atoms. The molecule has 0 aliphatic heterocycles. The molecule has 0 amide bonds. The van der Waals surface area contributed by atoms with Gasteiger partial charge in [0.15, 0.2) is 6.10 Å². The van der Waals surface area contributed by atoms with Gasteiger partial charge in [0.1, 0.15) is 5.82 Å². The van der Waals surface area contributed by atoms with Gasteiger partial charge in [0.25, 0.3) is 0 Å². The zero-order valence-corrected chi connectivity index (χ0v) is 8.27. The normalized spacial score (nSPS) is 12.9. The van der Waals surface area contributed by atoms with Crippen LogP contribution < -0.4 is 0 Å². The number of aliphatic carboxylic acids is 1. The number of nitrogens with one attached hydrogen (secondary N) is 1. The van der Waals surface area contributed by atoms with Crippen molar-refractivity contribution in [3.05, 3.63) is 35.8 Å². The lowest BCUT2D eigenvalue weighted by Gasteiger charge is -2.03. The molecule has 16 heavy (non-hydrogen) atoms. The van der Waals surface area contributed by atoms with Gasteiger partial charge in [-0.05, 0) is 11.6 Å². The molecule has 0 radical (unpaired) electrons. The number of carboxylic acid groups (broad SMARTS) is 1. The van der Waals surface area contributed by atoms with Gasteiger partial charge < -0.3 is 15.2 Å². The molecule has 5 heteroatoms. The Morgan fingerprint density at radius 3 is 2.94 bits per heavy atom. The quantitative estimate of drug-likeness (QED) is 0.734. The van der Waals surface area contributed by atoms with E-state index in [1.165, 1.54) is 12.3 Å². The third-order valence-corrected chi connectivity index (χ3v) is 2.45. The van der Waals surface area contributed by atoms with Crippen molar-refractivity contribution < 1.29 is 19.4 Å². The maximum Gasteiger partial charge on any atom is 0.332 e. The highest BCUT2D eigenvalue weighted by atomic mass is 19.1. The van der Waals surface area contributed by atoms with Gasteiger partial charge in [0.05, 0.1) is 5.52 Å². The molecule has 0 aliphatic carbocycles. The lowest BCUT2D eigenvalue weighted by atomic mass is 10.1. The molecule has 1 unspecified atom stereocenters. The second kappa shape index (κ2) is 3.94. The fourth-order valence-corrected chi connectivity index (χ4v) is 1.64. The number of aromatic nitrogens is 1. The number of aliphatic hydroxyl groups excluding tert-OH is 1. The standard InChI is InChI=1S/C11H10FNO3/c12-8-3-1-2-7-6(5-13-10(7)8)4-9(14)11(15)16/h1-3,5,9,13-14H,4H2,(H,15,16). The Hall–Kier alpha value is -1.88. The predicted octanol–water partition coefficient (Wildman–Crippen LogP) is 1.30. The Labute approximate surface area is 90.3 Å². The lowest BCUT2D eigenvalue weighted by Crippen LogP contribution is -2.21. The number of aliphatic hydroxyl groups is 1. The number of aromatic amines is 1. The largest absolute Gasteiger partial charge is 0.479 e. The van der Waals surface area contributed by atoms with Gasteiger partial charge >= 0.3 is 5.97 Å². The van der Waals surface area contributed by atoms with E-state index in [2.05, 4.69) is 4.98 Å². The lowest BCUT2D eigenvalue weighted by molar-refractivity contribution is -0.146. The second-order valence-electron chi connectivity index (χ2n) is 3.53. The van der Waals surface area contributed by atoms with E-state index in [4.69, 9.17) is 5.11 Å². The summed E-state index contributed by atoms with van der Waals surface area (Å²) < 4.78 is 13.3.